The Balaban J connectivity index is 0. The molecule has 0 radical (unpaired) electrons. The monoisotopic (exact) mass is 484 g/mol. The van der Waals surface area contributed by atoms with E-state index in [9.17, 15) is 0 Å². The van der Waals surface area contributed by atoms with Gasteiger partial charge in [-0.05, 0) is 12.8 Å². The molecule has 9 nitrogen and oxygen atoms in total. The molecule has 0 aromatic carbocycles. The molecule has 0 aliphatic carbocycles. The fourth-order valence-corrected chi connectivity index (χ4v) is 2.31. The minimum absolute atomic E-state index is 0.0567. The molecule has 9 heteroatoms. The third-order valence-corrected chi connectivity index (χ3v) is 4.12. The Labute approximate surface area is 202 Å². The molecule has 0 aromatic heterocycles. The highest BCUT2D eigenvalue weighted by molar-refractivity contribution is 4.40. The molecule has 0 amide bonds. The van der Waals surface area contributed by atoms with Gasteiger partial charge in [0.25, 0.3) is 0 Å². The van der Waals surface area contributed by atoms with Crippen molar-refractivity contribution in [2.75, 3.05) is 106 Å². The van der Waals surface area contributed by atoms with Crippen LogP contribution in [0.5, 0.6) is 0 Å². The van der Waals surface area contributed by atoms with Crippen molar-refractivity contribution in [3.8, 4) is 0 Å². The maximum Gasteiger partial charge on any atom is 0.0701 e. The van der Waals surface area contributed by atoms with Crippen molar-refractivity contribution in [2.24, 2.45) is 0 Å². The lowest BCUT2D eigenvalue weighted by atomic mass is 10.2. The molecule has 0 aromatic rings. The highest BCUT2D eigenvalue weighted by Crippen LogP contribution is 1.98. The van der Waals surface area contributed by atoms with Crippen molar-refractivity contribution >= 4 is 0 Å². The number of aliphatic hydroxyl groups excluding tert-OH is 2. The van der Waals surface area contributed by atoms with Crippen LogP contribution in [0.2, 0.25) is 0 Å². The van der Waals surface area contributed by atoms with Crippen molar-refractivity contribution < 1.29 is 43.4 Å². The molecule has 0 bridgehead atoms. The van der Waals surface area contributed by atoms with Crippen LogP contribution in [0.25, 0.3) is 0 Å². The van der Waals surface area contributed by atoms with Gasteiger partial charge in [-0.2, -0.15) is 0 Å². The van der Waals surface area contributed by atoms with Gasteiger partial charge in [0, 0.05) is 13.2 Å². The van der Waals surface area contributed by atoms with Gasteiger partial charge in [0.15, 0.2) is 0 Å². The SMILES string of the molecule is CCCCCCOCCOCCOCCO.CCCCOCCOCCOCCOCCO. The van der Waals surface area contributed by atoms with E-state index in [1.165, 1.54) is 19.3 Å². The molecule has 2 N–H and O–H groups in total. The molecular weight excluding hydrogens is 432 g/mol. The molecule has 0 aliphatic rings. The van der Waals surface area contributed by atoms with Gasteiger partial charge in [-0.25, -0.2) is 0 Å². The van der Waals surface area contributed by atoms with E-state index in [-0.39, 0.29) is 13.2 Å². The average molecular weight is 485 g/mol. The summed E-state index contributed by atoms with van der Waals surface area (Å²) in [6, 6.07) is 0. The van der Waals surface area contributed by atoms with Gasteiger partial charge >= 0.3 is 0 Å². The van der Waals surface area contributed by atoms with E-state index in [0.717, 1.165) is 32.5 Å². The van der Waals surface area contributed by atoms with Gasteiger partial charge < -0.3 is 43.4 Å². The van der Waals surface area contributed by atoms with E-state index in [1.54, 1.807) is 0 Å². The number of aliphatic hydroxyl groups is 2. The second-order valence-corrected chi connectivity index (χ2v) is 7.15. The largest absolute Gasteiger partial charge is 0.394 e. The maximum atomic E-state index is 8.45. The minimum Gasteiger partial charge on any atom is -0.394 e. The zero-order valence-electron chi connectivity index (χ0n) is 21.3. The summed E-state index contributed by atoms with van der Waals surface area (Å²) in [6.45, 7) is 12.7. The zero-order valence-corrected chi connectivity index (χ0v) is 21.3. The number of unbranched alkanes of at least 4 members (excludes halogenated alkanes) is 4. The second kappa shape index (κ2) is 36.2. The summed E-state index contributed by atoms with van der Waals surface area (Å²) in [5.41, 5.74) is 0. The summed E-state index contributed by atoms with van der Waals surface area (Å²) in [5.74, 6) is 0. The Morgan fingerprint density at radius 1 is 0.333 bits per heavy atom. The van der Waals surface area contributed by atoms with Crippen molar-refractivity contribution in [1.29, 1.82) is 0 Å². The average Bonchev–Trinajstić information content (AvgIpc) is 2.83. The van der Waals surface area contributed by atoms with Crippen LogP contribution in [0.4, 0.5) is 0 Å². The van der Waals surface area contributed by atoms with Gasteiger partial charge in [0.1, 0.15) is 0 Å². The lowest BCUT2D eigenvalue weighted by Gasteiger charge is -2.06. The molecule has 0 fully saturated rings. The first kappa shape index (κ1) is 34.8. The summed E-state index contributed by atoms with van der Waals surface area (Å²) < 4.78 is 36.6. The van der Waals surface area contributed by atoms with Gasteiger partial charge in [-0.3, -0.25) is 0 Å². The van der Waals surface area contributed by atoms with Crippen molar-refractivity contribution in [1.82, 2.24) is 0 Å². The topological polar surface area (TPSA) is 105 Å². The number of hydrogen-bond donors (Lipinski definition) is 2. The maximum absolute atomic E-state index is 8.45. The third kappa shape index (κ3) is 39.2. The lowest BCUT2D eigenvalue weighted by molar-refractivity contribution is -0.00568. The summed E-state index contributed by atoms with van der Waals surface area (Å²) in [5, 5.41) is 16.9. The summed E-state index contributed by atoms with van der Waals surface area (Å²) >= 11 is 0. The van der Waals surface area contributed by atoms with Gasteiger partial charge in [0.05, 0.1) is 92.5 Å². The quantitative estimate of drug-likeness (QED) is 0.170. The first-order valence-electron chi connectivity index (χ1n) is 12.6. The molecule has 0 rings (SSSR count). The van der Waals surface area contributed by atoms with Crippen LogP contribution in [-0.4, -0.2) is 116 Å². The standard InChI is InChI=1S/C12H26O5.C12H26O4/c1-2-3-5-14-7-9-16-11-12-17-10-8-15-6-4-13;1-2-3-4-5-7-14-9-11-16-12-10-15-8-6-13/h13H,2-12H2,1H3;13H,2-12H2,1H3. The van der Waals surface area contributed by atoms with Crippen LogP contribution in [0.1, 0.15) is 52.4 Å². The van der Waals surface area contributed by atoms with E-state index in [1.807, 2.05) is 0 Å². The fraction of sp³-hybridized carbons (Fsp3) is 1.00. The zero-order chi connectivity index (χ0) is 24.5. The Bertz CT molecular complexity index is 282. The van der Waals surface area contributed by atoms with Crippen LogP contribution < -0.4 is 0 Å². The Morgan fingerprint density at radius 2 is 0.636 bits per heavy atom. The first-order valence-corrected chi connectivity index (χ1v) is 12.6. The van der Waals surface area contributed by atoms with Gasteiger partial charge in [-0.15, -0.1) is 0 Å². The molecular formula is C24H52O9. The fourth-order valence-electron chi connectivity index (χ4n) is 2.31. The number of ether oxygens (including phenoxy) is 7. The lowest BCUT2D eigenvalue weighted by Crippen LogP contribution is -2.12. The highest BCUT2D eigenvalue weighted by Gasteiger charge is 1.93. The molecule has 0 spiro atoms. The van der Waals surface area contributed by atoms with Crippen LogP contribution >= 0.6 is 0 Å². The summed E-state index contributed by atoms with van der Waals surface area (Å²) in [7, 11) is 0. The van der Waals surface area contributed by atoms with E-state index in [4.69, 9.17) is 43.4 Å². The minimum atomic E-state index is 0.0567. The molecule has 0 heterocycles. The second-order valence-electron chi connectivity index (χ2n) is 7.15. The van der Waals surface area contributed by atoms with E-state index in [0.29, 0.717) is 79.3 Å². The molecule has 0 saturated heterocycles. The Morgan fingerprint density at radius 3 is 0.970 bits per heavy atom. The normalized spacial score (nSPS) is 10.9. The molecule has 0 saturated carbocycles. The molecule has 202 valence electrons. The van der Waals surface area contributed by atoms with Crippen LogP contribution in [-0.2, 0) is 33.2 Å². The number of hydrogen-bond acceptors (Lipinski definition) is 9. The van der Waals surface area contributed by atoms with Gasteiger partial charge in [-0.1, -0.05) is 39.5 Å². The van der Waals surface area contributed by atoms with Crippen LogP contribution in [0, 0.1) is 0 Å². The predicted molar refractivity (Wildman–Crippen MR) is 129 cm³/mol. The Hall–Kier alpha value is -0.360. The van der Waals surface area contributed by atoms with E-state index in [2.05, 4.69) is 13.8 Å². The summed E-state index contributed by atoms with van der Waals surface area (Å²) in [4.78, 5) is 0. The predicted octanol–water partition coefficient (Wildman–Crippen LogP) is 2.45. The molecule has 0 unspecified atom stereocenters. The van der Waals surface area contributed by atoms with Crippen LogP contribution in [0.3, 0.4) is 0 Å². The van der Waals surface area contributed by atoms with Crippen LogP contribution in [0.15, 0.2) is 0 Å². The smallest absolute Gasteiger partial charge is 0.0701 e. The highest BCUT2D eigenvalue weighted by atomic mass is 16.6. The first-order chi connectivity index (χ1) is 16.3. The third-order valence-electron chi connectivity index (χ3n) is 4.12. The van der Waals surface area contributed by atoms with E-state index < -0.39 is 0 Å². The van der Waals surface area contributed by atoms with E-state index >= 15 is 0 Å². The Kier molecular flexibility index (Phi) is 38.2. The molecule has 0 aliphatic heterocycles. The molecule has 33 heavy (non-hydrogen) atoms. The van der Waals surface area contributed by atoms with Crippen molar-refractivity contribution in [2.45, 2.75) is 52.4 Å². The molecule has 0 atom stereocenters. The summed E-state index contributed by atoms with van der Waals surface area (Å²) in [6.07, 6.45) is 7.23. The number of rotatable bonds is 27. The van der Waals surface area contributed by atoms with Crippen molar-refractivity contribution in [3.63, 3.8) is 0 Å². The van der Waals surface area contributed by atoms with Gasteiger partial charge in [0.2, 0.25) is 0 Å². The van der Waals surface area contributed by atoms with Crippen molar-refractivity contribution in [3.05, 3.63) is 0 Å².